The molecule has 0 aliphatic heterocycles. The van der Waals surface area contributed by atoms with Gasteiger partial charge in [-0.1, -0.05) is 23.7 Å². The summed E-state index contributed by atoms with van der Waals surface area (Å²) in [5.74, 6) is -1.34. The van der Waals surface area contributed by atoms with E-state index in [1.807, 2.05) is 30.5 Å². The molecule has 0 aliphatic rings. The molecule has 0 unspecified atom stereocenters. The minimum absolute atomic E-state index is 0.0417. The number of nitrogens with zero attached hydrogens (tertiary/aromatic N) is 2. The summed E-state index contributed by atoms with van der Waals surface area (Å²) in [6, 6.07) is 12.1. The SMILES string of the molecule is COc1n[nH]c2ncc(NC(=O)c3c(Cl)ccc(OCc4cccc5[nH]ccc45)c3F)cc12. The van der Waals surface area contributed by atoms with Crippen molar-refractivity contribution in [1.82, 2.24) is 20.2 Å². The Morgan fingerprint density at radius 2 is 2.09 bits per heavy atom. The van der Waals surface area contributed by atoms with Crippen molar-refractivity contribution in [2.45, 2.75) is 6.61 Å². The Kier molecular flexibility index (Phi) is 5.31. The van der Waals surface area contributed by atoms with Crippen LogP contribution in [0.4, 0.5) is 10.1 Å². The zero-order valence-corrected chi connectivity index (χ0v) is 18.0. The number of rotatable bonds is 6. The molecule has 166 valence electrons. The molecule has 0 saturated heterocycles. The van der Waals surface area contributed by atoms with E-state index >= 15 is 4.39 Å². The fraction of sp³-hybridized carbons (Fsp3) is 0.0870. The van der Waals surface area contributed by atoms with Crippen LogP contribution in [0.25, 0.3) is 21.9 Å². The third kappa shape index (κ3) is 3.83. The Balaban J connectivity index is 1.39. The second kappa shape index (κ2) is 8.44. The quantitative estimate of drug-likeness (QED) is 0.324. The van der Waals surface area contributed by atoms with Crippen LogP contribution in [-0.2, 0) is 6.61 Å². The van der Waals surface area contributed by atoms with E-state index in [-0.39, 0.29) is 22.9 Å². The summed E-state index contributed by atoms with van der Waals surface area (Å²) in [6.45, 7) is 0.121. The Labute approximate surface area is 191 Å². The number of pyridine rings is 1. The van der Waals surface area contributed by atoms with Gasteiger partial charge in [0.2, 0.25) is 5.88 Å². The van der Waals surface area contributed by atoms with Gasteiger partial charge in [0, 0.05) is 17.1 Å². The van der Waals surface area contributed by atoms with Gasteiger partial charge < -0.3 is 19.8 Å². The molecule has 0 aliphatic carbocycles. The first kappa shape index (κ1) is 20.8. The highest BCUT2D eigenvalue weighted by Crippen LogP contribution is 2.30. The van der Waals surface area contributed by atoms with Crippen LogP contribution < -0.4 is 14.8 Å². The van der Waals surface area contributed by atoms with Crippen molar-refractivity contribution < 1.29 is 18.7 Å². The average Bonchev–Trinajstić information content (AvgIpc) is 3.45. The van der Waals surface area contributed by atoms with E-state index in [0.29, 0.717) is 22.6 Å². The standard InChI is InChI=1S/C23H17ClFN5O3/c1-32-23-15-9-13(10-27-21(15)29-30-23)28-22(31)19-16(24)5-6-18(20(19)25)33-11-12-3-2-4-17-14(12)7-8-26-17/h2-10,26H,11H2,1H3,(H,28,31)(H,27,29,30). The lowest BCUT2D eigenvalue weighted by molar-refractivity contribution is 0.102. The molecule has 0 bridgehead atoms. The van der Waals surface area contributed by atoms with E-state index in [2.05, 4.69) is 25.5 Å². The number of ether oxygens (including phenoxy) is 2. The van der Waals surface area contributed by atoms with Crippen LogP contribution >= 0.6 is 11.6 Å². The number of carbonyl (C=O) groups is 1. The third-order valence-electron chi connectivity index (χ3n) is 5.18. The molecule has 10 heteroatoms. The van der Waals surface area contributed by atoms with Crippen LogP contribution in [0.3, 0.4) is 0 Å². The summed E-state index contributed by atoms with van der Waals surface area (Å²) in [4.78, 5) is 20.2. The van der Waals surface area contributed by atoms with E-state index in [1.54, 1.807) is 6.07 Å². The lowest BCUT2D eigenvalue weighted by Gasteiger charge is -2.13. The monoisotopic (exact) mass is 465 g/mol. The summed E-state index contributed by atoms with van der Waals surface area (Å²) >= 11 is 6.16. The predicted molar refractivity (Wildman–Crippen MR) is 122 cm³/mol. The topological polar surface area (TPSA) is 105 Å². The molecule has 3 heterocycles. The van der Waals surface area contributed by atoms with Gasteiger partial charge in [0.25, 0.3) is 5.91 Å². The van der Waals surface area contributed by atoms with Gasteiger partial charge in [0.15, 0.2) is 17.2 Å². The molecule has 8 nitrogen and oxygen atoms in total. The van der Waals surface area contributed by atoms with Crippen LogP contribution in [0.5, 0.6) is 11.6 Å². The number of nitrogens with one attached hydrogen (secondary N) is 3. The van der Waals surface area contributed by atoms with E-state index in [9.17, 15) is 4.79 Å². The van der Waals surface area contributed by atoms with Crippen LogP contribution in [0.1, 0.15) is 15.9 Å². The van der Waals surface area contributed by atoms with Crippen LogP contribution in [-0.4, -0.2) is 33.2 Å². The minimum Gasteiger partial charge on any atom is -0.486 e. The number of carbonyl (C=O) groups excluding carboxylic acids is 1. The molecule has 0 fully saturated rings. The summed E-state index contributed by atoms with van der Waals surface area (Å²) in [5, 5.41) is 10.8. The van der Waals surface area contributed by atoms with Crippen molar-refractivity contribution in [3.63, 3.8) is 0 Å². The average molecular weight is 466 g/mol. The van der Waals surface area contributed by atoms with Gasteiger partial charge in [-0.25, -0.2) is 9.37 Å². The molecule has 1 amide bonds. The van der Waals surface area contributed by atoms with Crippen molar-refractivity contribution in [2.24, 2.45) is 0 Å². The van der Waals surface area contributed by atoms with Gasteiger partial charge in [-0.05, 0) is 35.9 Å². The van der Waals surface area contributed by atoms with E-state index in [0.717, 1.165) is 16.5 Å². The number of aromatic amines is 2. The number of aromatic nitrogens is 4. The number of fused-ring (bicyclic) bond motifs is 2. The lowest BCUT2D eigenvalue weighted by atomic mass is 10.1. The minimum atomic E-state index is -0.851. The van der Waals surface area contributed by atoms with E-state index in [4.69, 9.17) is 21.1 Å². The Bertz CT molecular complexity index is 1500. The fourth-order valence-electron chi connectivity index (χ4n) is 3.58. The number of methoxy groups -OCH3 is 1. The molecule has 3 N–H and O–H groups in total. The van der Waals surface area contributed by atoms with Crippen LogP contribution in [0.15, 0.2) is 54.9 Å². The molecule has 2 aromatic carbocycles. The number of amides is 1. The zero-order chi connectivity index (χ0) is 22.9. The van der Waals surface area contributed by atoms with Crippen molar-refractivity contribution in [2.75, 3.05) is 12.4 Å². The second-order valence-electron chi connectivity index (χ2n) is 7.19. The lowest BCUT2D eigenvalue weighted by Crippen LogP contribution is -2.15. The highest BCUT2D eigenvalue weighted by molar-refractivity contribution is 6.34. The van der Waals surface area contributed by atoms with Crippen molar-refractivity contribution in [3.8, 4) is 11.6 Å². The van der Waals surface area contributed by atoms with Crippen LogP contribution in [0.2, 0.25) is 5.02 Å². The zero-order valence-electron chi connectivity index (χ0n) is 17.3. The summed E-state index contributed by atoms with van der Waals surface area (Å²) < 4.78 is 26.1. The van der Waals surface area contributed by atoms with Gasteiger partial charge in [0.05, 0.1) is 35.0 Å². The molecule has 33 heavy (non-hydrogen) atoms. The fourth-order valence-corrected chi connectivity index (χ4v) is 3.82. The summed E-state index contributed by atoms with van der Waals surface area (Å²) in [6.07, 6.45) is 3.24. The third-order valence-corrected chi connectivity index (χ3v) is 5.50. The summed E-state index contributed by atoms with van der Waals surface area (Å²) in [7, 11) is 1.47. The van der Waals surface area contributed by atoms with Gasteiger partial charge >= 0.3 is 0 Å². The second-order valence-corrected chi connectivity index (χ2v) is 7.59. The molecule has 0 atom stereocenters. The van der Waals surface area contributed by atoms with Gasteiger partial charge in [-0.3, -0.25) is 9.89 Å². The largest absolute Gasteiger partial charge is 0.486 e. The van der Waals surface area contributed by atoms with Crippen molar-refractivity contribution in [3.05, 3.63) is 76.8 Å². The molecular weight excluding hydrogens is 449 g/mol. The molecular formula is C23H17ClFN5O3. The van der Waals surface area contributed by atoms with Crippen molar-refractivity contribution in [1.29, 1.82) is 0 Å². The number of hydrogen-bond acceptors (Lipinski definition) is 5. The normalized spacial score (nSPS) is 11.1. The van der Waals surface area contributed by atoms with Gasteiger partial charge in [-0.2, -0.15) is 0 Å². The van der Waals surface area contributed by atoms with Crippen LogP contribution in [0, 0.1) is 5.82 Å². The van der Waals surface area contributed by atoms with E-state index < -0.39 is 11.7 Å². The maximum absolute atomic E-state index is 15.2. The Hall–Kier alpha value is -4.11. The number of hydrogen-bond donors (Lipinski definition) is 3. The molecule has 0 spiro atoms. The number of anilines is 1. The first-order valence-electron chi connectivity index (χ1n) is 9.90. The predicted octanol–water partition coefficient (Wildman–Crippen LogP) is 5.07. The number of benzene rings is 2. The highest BCUT2D eigenvalue weighted by Gasteiger charge is 2.21. The van der Waals surface area contributed by atoms with Gasteiger partial charge in [0.1, 0.15) is 6.61 Å². The molecule has 3 aromatic heterocycles. The smallest absolute Gasteiger partial charge is 0.260 e. The maximum Gasteiger partial charge on any atom is 0.260 e. The first-order chi connectivity index (χ1) is 16.0. The molecule has 5 rings (SSSR count). The molecule has 0 radical (unpaired) electrons. The first-order valence-corrected chi connectivity index (χ1v) is 10.3. The Morgan fingerprint density at radius 3 is 2.94 bits per heavy atom. The number of halogens is 2. The number of H-pyrrole nitrogens is 2. The highest BCUT2D eigenvalue weighted by atomic mass is 35.5. The maximum atomic E-state index is 15.2. The van der Waals surface area contributed by atoms with E-state index in [1.165, 1.54) is 25.4 Å². The summed E-state index contributed by atoms with van der Waals surface area (Å²) in [5.41, 5.74) is 2.32. The molecule has 5 aromatic rings. The van der Waals surface area contributed by atoms with Gasteiger partial charge in [-0.15, -0.1) is 5.10 Å². The van der Waals surface area contributed by atoms with Crippen molar-refractivity contribution >= 4 is 45.1 Å². The molecule has 0 saturated carbocycles. The Morgan fingerprint density at radius 1 is 1.21 bits per heavy atom.